The zero-order valence-electron chi connectivity index (χ0n) is 10.3. The molecule has 4 nitrogen and oxygen atoms in total. The van der Waals surface area contributed by atoms with Crippen LogP contribution in [-0.4, -0.2) is 23.5 Å². The topological polar surface area (TPSA) is 63.6 Å². The van der Waals surface area contributed by atoms with Crippen LogP contribution in [0.1, 0.15) is 32.1 Å². The molecule has 0 aromatic heterocycles. The van der Waals surface area contributed by atoms with Crippen molar-refractivity contribution in [1.29, 1.82) is 0 Å². The molecule has 18 heavy (non-hydrogen) atoms. The Bertz CT molecular complexity index is 373. The van der Waals surface area contributed by atoms with Crippen LogP contribution in [0.5, 0.6) is 5.75 Å². The van der Waals surface area contributed by atoms with Crippen molar-refractivity contribution >= 4 is 11.8 Å². The van der Waals surface area contributed by atoms with Gasteiger partial charge < -0.3 is 9.84 Å². The number of ether oxygens (including phenoxy) is 1. The Balaban J connectivity index is 1.96. The molecule has 0 radical (unpaired) electrons. The highest BCUT2D eigenvalue weighted by molar-refractivity contribution is 6.32. The summed E-state index contributed by atoms with van der Waals surface area (Å²) >= 11 is 0. The number of carbonyl (C=O) groups is 2. The molecule has 0 aliphatic carbocycles. The van der Waals surface area contributed by atoms with E-state index in [4.69, 9.17) is 9.84 Å². The van der Waals surface area contributed by atoms with Gasteiger partial charge in [-0.3, -0.25) is 4.79 Å². The number of unbranched alkanes of at least 4 members (excludes halogenated alkanes) is 3. The van der Waals surface area contributed by atoms with Crippen molar-refractivity contribution in [2.45, 2.75) is 32.1 Å². The van der Waals surface area contributed by atoms with E-state index in [1.807, 2.05) is 30.3 Å². The third-order valence-corrected chi connectivity index (χ3v) is 2.55. The van der Waals surface area contributed by atoms with Gasteiger partial charge in [0.15, 0.2) is 0 Å². The number of hydrogen-bond acceptors (Lipinski definition) is 3. The molecular weight excluding hydrogens is 232 g/mol. The number of para-hydroxylation sites is 1. The molecule has 4 heteroatoms. The maximum atomic E-state index is 10.8. The molecule has 0 unspecified atom stereocenters. The Kier molecular flexibility index (Phi) is 6.54. The normalized spacial score (nSPS) is 10.0. The average Bonchev–Trinajstić information content (AvgIpc) is 2.38. The van der Waals surface area contributed by atoms with Crippen LogP contribution in [0.15, 0.2) is 30.3 Å². The summed E-state index contributed by atoms with van der Waals surface area (Å²) in [4.78, 5) is 21.0. The number of benzene rings is 1. The summed E-state index contributed by atoms with van der Waals surface area (Å²) < 4.78 is 5.51. The smallest absolute Gasteiger partial charge is 0.372 e. The highest BCUT2D eigenvalue weighted by Gasteiger charge is 2.09. The van der Waals surface area contributed by atoms with Crippen LogP contribution in [0.25, 0.3) is 0 Å². The van der Waals surface area contributed by atoms with Gasteiger partial charge >= 0.3 is 5.97 Å². The van der Waals surface area contributed by atoms with Crippen LogP contribution in [-0.2, 0) is 9.59 Å². The molecule has 0 aliphatic rings. The molecule has 0 spiro atoms. The maximum Gasteiger partial charge on any atom is 0.372 e. The molecule has 0 amide bonds. The second-order valence-corrected chi connectivity index (χ2v) is 4.05. The third kappa shape index (κ3) is 6.03. The van der Waals surface area contributed by atoms with Crippen molar-refractivity contribution in [2.24, 2.45) is 0 Å². The molecule has 0 heterocycles. The quantitative estimate of drug-likeness (QED) is 0.540. The summed E-state index contributed by atoms with van der Waals surface area (Å²) in [5.41, 5.74) is 0. The fourth-order valence-electron chi connectivity index (χ4n) is 1.55. The molecule has 98 valence electrons. The molecule has 0 fully saturated rings. The lowest BCUT2D eigenvalue weighted by molar-refractivity contribution is -0.149. The molecule has 0 atom stereocenters. The zero-order chi connectivity index (χ0) is 13.2. The van der Waals surface area contributed by atoms with Crippen molar-refractivity contribution in [2.75, 3.05) is 6.61 Å². The fourth-order valence-corrected chi connectivity index (χ4v) is 1.55. The van der Waals surface area contributed by atoms with Gasteiger partial charge in [-0.1, -0.05) is 31.0 Å². The second kappa shape index (κ2) is 8.28. The summed E-state index contributed by atoms with van der Waals surface area (Å²) in [7, 11) is 0. The molecule has 0 bridgehead atoms. The number of carboxylic acids is 1. The van der Waals surface area contributed by atoms with Crippen molar-refractivity contribution in [3.8, 4) is 5.75 Å². The van der Waals surface area contributed by atoms with Gasteiger partial charge in [0.25, 0.3) is 0 Å². The number of aliphatic carboxylic acids is 1. The van der Waals surface area contributed by atoms with E-state index in [9.17, 15) is 9.59 Å². The summed E-state index contributed by atoms with van der Waals surface area (Å²) in [5.74, 6) is -1.17. The molecule has 1 aromatic rings. The minimum atomic E-state index is -1.33. The van der Waals surface area contributed by atoms with Crippen molar-refractivity contribution in [1.82, 2.24) is 0 Å². The lowest BCUT2D eigenvalue weighted by Crippen LogP contribution is -2.11. The summed E-state index contributed by atoms with van der Waals surface area (Å²) in [6, 6.07) is 9.60. The first-order valence-electron chi connectivity index (χ1n) is 6.14. The van der Waals surface area contributed by atoms with Gasteiger partial charge in [0.1, 0.15) is 5.75 Å². The van der Waals surface area contributed by atoms with E-state index in [1.54, 1.807) is 0 Å². The number of rotatable bonds is 9. The van der Waals surface area contributed by atoms with Gasteiger partial charge in [0.2, 0.25) is 5.78 Å². The minimum absolute atomic E-state index is 0.134. The zero-order valence-corrected chi connectivity index (χ0v) is 10.3. The van der Waals surface area contributed by atoms with Gasteiger partial charge in [0, 0.05) is 6.42 Å². The third-order valence-electron chi connectivity index (χ3n) is 2.55. The number of hydrogen-bond donors (Lipinski definition) is 1. The van der Waals surface area contributed by atoms with Gasteiger partial charge in [0.05, 0.1) is 6.61 Å². The van der Waals surface area contributed by atoms with E-state index in [1.165, 1.54) is 0 Å². The van der Waals surface area contributed by atoms with Crippen LogP contribution in [0.2, 0.25) is 0 Å². The van der Waals surface area contributed by atoms with E-state index < -0.39 is 11.8 Å². The van der Waals surface area contributed by atoms with Gasteiger partial charge in [-0.25, -0.2) is 4.79 Å². The van der Waals surface area contributed by atoms with Crippen LogP contribution in [0.3, 0.4) is 0 Å². The first-order chi connectivity index (χ1) is 8.70. The highest BCUT2D eigenvalue weighted by Crippen LogP contribution is 2.10. The summed E-state index contributed by atoms with van der Waals surface area (Å²) in [5, 5.41) is 8.38. The summed E-state index contributed by atoms with van der Waals surface area (Å²) in [6.07, 6.45) is 3.48. The molecule has 1 rings (SSSR count). The maximum absolute atomic E-state index is 10.8. The largest absolute Gasteiger partial charge is 0.494 e. The van der Waals surface area contributed by atoms with E-state index in [2.05, 4.69) is 0 Å². The first kappa shape index (κ1) is 14.2. The number of Topliss-reactive ketones (excluding diaryl/α,β-unsaturated/α-hetero) is 1. The SMILES string of the molecule is O=C(O)C(=O)CCCCCCOc1ccccc1. The monoisotopic (exact) mass is 250 g/mol. The van der Waals surface area contributed by atoms with E-state index in [-0.39, 0.29) is 6.42 Å². The highest BCUT2D eigenvalue weighted by atomic mass is 16.5. The van der Waals surface area contributed by atoms with Crippen LogP contribution in [0, 0.1) is 0 Å². The Morgan fingerprint density at radius 1 is 1.00 bits per heavy atom. The lowest BCUT2D eigenvalue weighted by Gasteiger charge is -2.05. The van der Waals surface area contributed by atoms with E-state index in [0.29, 0.717) is 13.0 Å². The molecule has 0 saturated carbocycles. The Hall–Kier alpha value is -1.84. The molecule has 0 aliphatic heterocycles. The molecule has 0 saturated heterocycles. The predicted molar refractivity (Wildman–Crippen MR) is 67.7 cm³/mol. The van der Waals surface area contributed by atoms with Gasteiger partial charge in [-0.15, -0.1) is 0 Å². The van der Waals surface area contributed by atoms with Crippen LogP contribution < -0.4 is 4.74 Å². The Morgan fingerprint density at radius 3 is 2.33 bits per heavy atom. The first-order valence-corrected chi connectivity index (χ1v) is 6.14. The van der Waals surface area contributed by atoms with Crippen molar-refractivity contribution in [3.63, 3.8) is 0 Å². The Morgan fingerprint density at radius 2 is 1.67 bits per heavy atom. The van der Waals surface area contributed by atoms with E-state index >= 15 is 0 Å². The fraction of sp³-hybridized carbons (Fsp3) is 0.429. The van der Waals surface area contributed by atoms with E-state index in [0.717, 1.165) is 25.0 Å². The van der Waals surface area contributed by atoms with Gasteiger partial charge in [-0.2, -0.15) is 0 Å². The number of carbonyl (C=O) groups excluding carboxylic acids is 1. The Labute approximate surface area is 107 Å². The molecule has 1 N–H and O–H groups in total. The standard InChI is InChI=1S/C14H18O4/c15-13(14(16)17)10-6-1-2-7-11-18-12-8-4-3-5-9-12/h3-5,8-9H,1-2,6-7,10-11H2,(H,16,17). The van der Waals surface area contributed by atoms with Crippen LogP contribution >= 0.6 is 0 Å². The summed E-state index contributed by atoms with van der Waals surface area (Å²) in [6.45, 7) is 0.650. The van der Waals surface area contributed by atoms with Gasteiger partial charge in [-0.05, 0) is 25.0 Å². The van der Waals surface area contributed by atoms with Crippen molar-refractivity contribution in [3.05, 3.63) is 30.3 Å². The number of ketones is 1. The van der Waals surface area contributed by atoms with Crippen molar-refractivity contribution < 1.29 is 19.4 Å². The lowest BCUT2D eigenvalue weighted by atomic mass is 10.1. The molecular formula is C14H18O4. The number of carboxylic acid groups (broad SMARTS) is 1. The van der Waals surface area contributed by atoms with Crippen LogP contribution in [0.4, 0.5) is 0 Å². The average molecular weight is 250 g/mol. The predicted octanol–water partition coefficient (Wildman–Crippen LogP) is 2.67. The second-order valence-electron chi connectivity index (χ2n) is 4.05. The molecule has 1 aromatic carbocycles. The minimum Gasteiger partial charge on any atom is -0.494 e.